The van der Waals surface area contributed by atoms with Crippen molar-refractivity contribution in [3.63, 3.8) is 0 Å². The van der Waals surface area contributed by atoms with Gasteiger partial charge in [-0.2, -0.15) is 5.10 Å². The molecule has 1 N–H and O–H groups in total. The molecule has 154 valence electrons. The second-order valence-electron chi connectivity index (χ2n) is 6.12. The molecule has 0 bridgehead atoms. The molecule has 0 saturated carbocycles. The maximum absolute atomic E-state index is 11.8. The normalized spacial score (nSPS) is 10.8. The molecule has 5 nitrogen and oxygen atoms in total. The van der Waals surface area contributed by atoms with E-state index in [4.69, 9.17) is 44.3 Å². The van der Waals surface area contributed by atoms with Crippen molar-refractivity contribution in [2.75, 3.05) is 6.61 Å². The van der Waals surface area contributed by atoms with E-state index in [2.05, 4.69) is 10.5 Å². The Balaban J connectivity index is 1.43. The number of hydrogen-bond donors (Lipinski definition) is 1. The minimum Gasteiger partial charge on any atom is -0.489 e. The molecule has 0 heterocycles. The molecule has 0 atom stereocenters. The molecule has 0 aliphatic carbocycles. The SMILES string of the molecule is O=C(COc1cccc(Cl)c1Cl)N/N=C\c1ccc(OCc2ccc(Cl)cc2)cc1. The average molecular weight is 464 g/mol. The van der Waals surface area contributed by atoms with Gasteiger partial charge in [0.25, 0.3) is 5.91 Å². The van der Waals surface area contributed by atoms with Crippen molar-refractivity contribution in [2.24, 2.45) is 5.10 Å². The summed E-state index contributed by atoms with van der Waals surface area (Å²) in [5.41, 5.74) is 4.21. The Morgan fingerprint density at radius 2 is 1.67 bits per heavy atom. The summed E-state index contributed by atoms with van der Waals surface area (Å²) < 4.78 is 11.1. The molecule has 3 aromatic rings. The van der Waals surface area contributed by atoms with E-state index in [0.717, 1.165) is 16.9 Å². The molecule has 0 unspecified atom stereocenters. The molecule has 0 fully saturated rings. The number of amides is 1. The number of hydrazone groups is 1. The van der Waals surface area contributed by atoms with Gasteiger partial charge in [-0.15, -0.1) is 0 Å². The maximum Gasteiger partial charge on any atom is 0.277 e. The van der Waals surface area contributed by atoms with Crippen molar-refractivity contribution < 1.29 is 14.3 Å². The van der Waals surface area contributed by atoms with E-state index in [1.54, 1.807) is 18.2 Å². The first-order valence-electron chi connectivity index (χ1n) is 8.87. The molecular weight excluding hydrogens is 447 g/mol. The minimum absolute atomic E-state index is 0.241. The fraction of sp³-hybridized carbons (Fsp3) is 0.0909. The highest BCUT2D eigenvalue weighted by Gasteiger charge is 2.07. The van der Waals surface area contributed by atoms with Gasteiger partial charge in [0, 0.05) is 5.02 Å². The number of ether oxygens (including phenoxy) is 2. The highest BCUT2D eigenvalue weighted by molar-refractivity contribution is 6.42. The predicted molar refractivity (Wildman–Crippen MR) is 120 cm³/mol. The van der Waals surface area contributed by atoms with Gasteiger partial charge in [-0.05, 0) is 59.7 Å². The van der Waals surface area contributed by atoms with Crippen molar-refractivity contribution in [3.8, 4) is 11.5 Å². The van der Waals surface area contributed by atoms with Crippen LogP contribution in [-0.4, -0.2) is 18.7 Å². The second-order valence-corrected chi connectivity index (χ2v) is 7.34. The number of carbonyl (C=O) groups is 1. The van der Waals surface area contributed by atoms with Crippen molar-refractivity contribution in [2.45, 2.75) is 6.61 Å². The zero-order valence-electron chi connectivity index (χ0n) is 15.6. The Morgan fingerprint density at radius 3 is 2.40 bits per heavy atom. The van der Waals surface area contributed by atoms with Crippen molar-refractivity contribution in [3.05, 3.63) is 92.9 Å². The average Bonchev–Trinajstić information content (AvgIpc) is 2.75. The lowest BCUT2D eigenvalue weighted by Crippen LogP contribution is -2.24. The van der Waals surface area contributed by atoms with Crippen LogP contribution in [0.25, 0.3) is 0 Å². The molecule has 8 heteroatoms. The third-order valence-electron chi connectivity index (χ3n) is 3.88. The summed E-state index contributed by atoms with van der Waals surface area (Å²) >= 11 is 17.8. The van der Waals surface area contributed by atoms with E-state index in [-0.39, 0.29) is 11.6 Å². The summed E-state index contributed by atoms with van der Waals surface area (Å²) in [4.78, 5) is 11.8. The Morgan fingerprint density at radius 1 is 0.933 bits per heavy atom. The van der Waals surface area contributed by atoms with Gasteiger partial charge in [-0.3, -0.25) is 4.79 Å². The van der Waals surface area contributed by atoms with E-state index in [9.17, 15) is 4.79 Å². The molecule has 0 aliphatic rings. The highest BCUT2D eigenvalue weighted by Crippen LogP contribution is 2.31. The molecule has 30 heavy (non-hydrogen) atoms. The van der Waals surface area contributed by atoms with Crippen LogP contribution < -0.4 is 14.9 Å². The summed E-state index contributed by atoms with van der Waals surface area (Å²) in [6, 6.07) is 19.7. The van der Waals surface area contributed by atoms with Gasteiger partial charge >= 0.3 is 0 Å². The Labute approximate surface area is 189 Å². The molecule has 1 amide bonds. The van der Waals surface area contributed by atoms with Gasteiger partial charge in [0.1, 0.15) is 23.1 Å². The quantitative estimate of drug-likeness (QED) is 0.341. The van der Waals surface area contributed by atoms with E-state index < -0.39 is 5.91 Å². The Kier molecular flexibility index (Phi) is 7.97. The molecule has 0 radical (unpaired) electrons. The lowest BCUT2D eigenvalue weighted by molar-refractivity contribution is -0.123. The molecule has 0 aliphatic heterocycles. The van der Waals surface area contributed by atoms with Gasteiger partial charge < -0.3 is 9.47 Å². The van der Waals surface area contributed by atoms with E-state index in [1.165, 1.54) is 6.21 Å². The number of benzene rings is 3. The van der Waals surface area contributed by atoms with Crippen molar-refractivity contribution in [1.29, 1.82) is 0 Å². The topological polar surface area (TPSA) is 59.9 Å². The summed E-state index contributed by atoms with van der Waals surface area (Å²) in [7, 11) is 0. The van der Waals surface area contributed by atoms with Crippen LogP contribution in [0.3, 0.4) is 0 Å². The zero-order chi connectivity index (χ0) is 21.3. The molecule has 0 saturated heterocycles. The number of halogens is 3. The van der Waals surface area contributed by atoms with Crippen molar-refractivity contribution in [1.82, 2.24) is 5.43 Å². The van der Waals surface area contributed by atoms with Crippen LogP contribution in [-0.2, 0) is 11.4 Å². The summed E-state index contributed by atoms with van der Waals surface area (Å²) in [6.45, 7) is 0.201. The summed E-state index contributed by atoms with van der Waals surface area (Å²) in [6.07, 6.45) is 1.52. The molecule has 0 aromatic heterocycles. The van der Waals surface area contributed by atoms with Gasteiger partial charge in [0.05, 0.1) is 11.2 Å². The van der Waals surface area contributed by atoms with Crippen LogP contribution in [0.2, 0.25) is 15.1 Å². The number of nitrogens with one attached hydrogen (secondary N) is 1. The fourth-order valence-corrected chi connectivity index (χ4v) is 2.82. The van der Waals surface area contributed by atoms with Crippen LogP contribution in [0.5, 0.6) is 11.5 Å². The first-order valence-corrected chi connectivity index (χ1v) is 10.0. The van der Waals surface area contributed by atoms with Crippen LogP contribution in [0.15, 0.2) is 71.8 Å². The highest BCUT2D eigenvalue weighted by atomic mass is 35.5. The maximum atomic E-state index is 11.8. The number of carbonyl (C=O) groups excluding carboxylic acids is 1. The van der Waals surface area contributed by atoms with E-state index >= 15 is 0 Å². The first kappa shape index (κ1) is 22.0. The number of hydrogen-bond acceptors (Lipinski definition) is 4. The van der Waals surface area contributed by atoms with Crippen LogP contribution in [0.4, 0.5) is 0 Å². The van der Waals surface area contributed by atoms with Gasteiger partial charge in [-0.25, -0.2) is 5.43 Å². The summed E-state index contributed by atoms with van der Waals surface area (Å²) in [5, 5.41) is 5.21. The minimum atomic E-state index is -0.426. The second kappa shape index (κ2) is 10.9. The molecule has 0 spiro atoms. The monoisotopic (exact) mass is 462 g/mol. The third kappa shape index (κ3) is 6.66. The molecular formula is C22H17Cl3N2O3. The Bertz CT molecular complexity index is 1020. The standard InChI is InChI=1S/C22H17Cl3N2O3/c23-17-8-4-16(5-9-17)13-29-18-10-6-15(7-11-18)12-26-27-21(28)14-30-20-3-1-2-19(24)22(20)25/h1-12H,13-14H2,(H,27,28)/b26-12-. The third-order valence-corrected chi connectivity index (χ3v) is 4.93. The van der Waals surface area contributed by atoms with Gasteiger partial charge in [0.2, 0.25) is 0 Å². The molecule has 3 aromatic carbocycles. The number of rotatable bonds is 8. The lowest BCUT2D eigenvalue weighted by atomic mass is 10.2. The van der Waals surface area contributed by atoms with Crippen LogP contribution in [0.1, 0.15) is 11.1 Å². The van der Waals surface area contributed by atoms with Crippen LogP contribution in [0, 0.1) is 0 Å². The van der Waals surface area contributed by atoms with Crippen LogP contribution >= 0.6 is 34.8 Å². The smallest absolute Gasteiger partial charge is 0.277 e. The van der Waals surface area contributed by atoms with E-state index in [1.807, 2.05) is 48.5 Å². The lowest BCUT2D eigenvalue weighted by Gasteiger charge is -2.07. The summed E-state index contributed by atoms with van der Waals surface area (Å²) in [5.74, 6) is 0.626. The van der Waals surface area contributed by atoms with Crippen molar-refractivity contribution >= 4 is 46.9 Å². The zero-order valence-corrected chi connectivity index (χ0v) is 17.9. The molecule has 3 rings (SSSR count). The first-order chi connectivity index (χ1) is 14.5. The van der Waals surface area contributed by atoms with Gasteiger partial charge in [-0.1, -0.05) is 53.0 Å². The number of nitrogens with zero attached hydrogens (tertiary/aromatic N) is 1. The Hall–Kier alpha value is -2.73. The predicted octanol–water partition coefficient (Wildman–Crippen LogP) is 5.75. The van der Waals surface area contributed by atoms with E-state index in [0.29, 0.717) is 22.4 Å². The fourth-order valence-electron chi connectivity index (χ4n) is 2.35. The largest absolute Gasteiger partial charge is 0.489 e. The van der Waals surface area contributed by atoms with Gasteiger partial charge in [0.15, 0.2) is 6.61 Å².